The van der Waals surface area contributed by atoms with Crippen molar-refractivity contribution in [3.8, 4) is 0 Å². The predicted molar refractivity (Wildman–Crippen MR) is 119 cm³/mol. The van der Waals surface area contributed by atoms with Crippen molar-refractivity contribution in [2.75, 3.05) is 23.8 Å². The number of carbonyl (C=O) groups excluding carboxylic acids is 2. The molecule has 0 fully saturated rings. The number of nitro groups is 1. The highest BCUT2D eigenvalue weighted by Crippen LogP contribution is 2.38. The third-order valence-electron chi connectivity index (χ3n) is 4.08. The highest BCUT2D eigenvalue weighted by atomic mass is 32.1. The van der Waals surface area contributed by atoms with Crippen molar-refractivity contribution in [1.29, 1.82) is 0 Å². The van der Waals surface area contributed by atoms with E-state index in [0.29, 0.717) is 6.07 Å². The minimum absolute atomic E-state index is 0.0196. The molecule has 1 aromatic carbocycles. The fourth-order valence-electron chi connectivity index (χ4n) is 2.69. The summed E-state index contributed by atoms with van der Waals surface area (Å²) in [4.78, 5) is 34.6. The van der Waals surface area contributed by atoms with E-state index in [1.165, 1.54) is 6.92 Å². The standard InChI is InChI=1S/C19H18F3N3O6S2/c1-4-30-16(26)13-9(3)14(17(27)31-5-2)33-15(13)24-18(32)23-12-7-6-10(25(28)29)8-11(12)19(20,21)22/h6-8H,4-5H2,1-3H3,(H2,23,24,32). The lowest BCUT2D eigenvalue weighted by molar-refractivity contribution is -0.385. The van der Waals surface area contributed by atoms with E-state index in [1.54, 1.807) is 13.8 Å². The van der Waals surface area contributed by atoms with Crippen molar-refractivity contribution in [3.63, 3.8) is 0 Å². The summed E-state index contributed by atoms with van der Waals surface area (Å²) < 4.78 is 50.2. The van der Waals surface area contributed by atoms with E-state index in [0.717, 1.165) is 23.5 Å². The largest absolute Gasteiger partial charge is 0.462 e. The first kappa shape index (κ1) is 26.0. The van der Waals surface area contributed by atoms with Crippen LogP contribution in [0, 0.1) is 17.0 Å². The summed E-state index contributed by atoms with van der Waals surface area (Å²) in [5.74, 6) is -1.45. The van der Waals surface area contributed by atoms with Gasteiger partial charge in [0.15, 0.2) is 5.11 Å². The van der Waals surface area contributed by atoms with Gasteiger partial charge in [0, 0.05) is 12.1 Å². The van der Waals surface area contributed by atoms with Crippen molar-refractivity contribution in [3.05, 3.63) is 49.9 Å². The summed E-state index contributed by atoms with van der Waals surface area (Å²) >= 11 is 5.90. The molecule has 33 heavy (non-hydrogen) atoms. The quantitative estimate of drug-likeness (QED) is 0.228. The summed E-state index contributed by atoms with van der Waals surface area (Å²) in [6.45, 7) is 4.82. The number of halogens is 3. The highest BCUT2D eigenvalue weighted by molar-refractivity contribution is 7.80. The number of non-ortho nitro benzene ring substituents is 1. The molecule has 0 unspecified atom stereocenters. The molecule has 0 saturated carbocycles. The smallest absolute Gasteiger partial charge is 0.418 e. The molecule has 0 aliphatic rings. The maximum Gasteiger partial charge on any atom is 0.418 e. The molecule has 2 rings (SSSR count). The molecule has 2 aromatic rings. The summed E-state index contributed by atoms with van der Waals surface area (Å²) in [6.07, 6.45) is -4.91. The first-order chi connectivity index (χ1) is 15.4. The Bertz CT molecular complexity index is 1100. The zero-order chi connectivity index (χ0) is 24.9. The minimum Gasteiger partial charge on any atom is -0.462 e. The number of carbonyl (C=O) groups is 2. The molecule has 2 N–H and O–H groups in total. The summed E-state index contributed by atoms with van der Waals surface area (Å²) in [5, 5.41) is 15.5. The Kier molecular flexibility index (Phi) is 8.33. The molecular formula is C19H18F3N3O6S2. The molecule has 9 nitrogen and oxygen atoms in total. The van der Waals surface area contributed by atoms with Crippen LogP contribution in [-0.4, -0.2) is 35.2 Å². The Hall–Kier alpha value is -3.26. The van der Waals surface area contributed by atoms with Gasteiger partial charge in [0.25, 0.3) is 5.69 Å². The first-order valence-electron chi connectivity index (χ1n) is 9.31. The second-order valence-corrected chi connectivity index (χ2v) is 7.69. The molecule has 0 aliphatic carbocycles. The van der Waals surface area contributed by atoms with Crippen LogP contribution in [0.4, 0.5) is 29.5 Å². The SMILES string of the molecule is CCOC(=O)c1sc(NC(=S)Nc2ccc([N+](=O)[O-])cc2C(F)(F)F)c(C(=O)OCC)c1C. The minimum atomic E-state index is -4.91. The number of thiocarbonyl (C=S) groups is 1. The van der Waals surface area contributed by atoms with Crippen LogP contribution in [0.3, 0.4) is 0 Å². The number of anilines is 2. The van der Waals surface area contributed by atoms with Gasteiger partial charge in [-0.05, 0) is 44.6 Å². The van der Waals surface area contributed by atoms with E-state index < -0.39 is 40.0 Å². The van der Waals surface area contributed by atoms with Crippen LogP contribution in [0.15, 0.2) is 18.2 Å². The highest BCUT2D eigenvalue weighted by Gasteiger charge is 2.35. The molecule has 1 heterocycles. The van der Waals surface area contributed by atoms with Gasteiger partial charge in [-0.15, -0.1) is 11.3 Å². The van der Waals surface area contributed by atoms with Gasteiger partial charge in [-0.3, -0.25) is 10.1 Å². The molecule has 178 valence electrons. The lowest BCUT2D eigenvalue weighted by Crippen LogP contribution is -2.22. The van der Waals surface area contributed by atoms with E-state index in [-0.39, 0.29) is 39.3 Å². The monoisotopic (exact) mass is 505 g/mol. The van der Waals surface area contributed by atoms with Crippen LogP contribution in [0.5, 0.6) is 0 Å². The van der Waals surface area contributed by atoms with Gasteiger partial charge >= 0.3 is 18.1 Å². The van der Waals surface area contributed by atoms with Crippen LogP contribution >= 0.6 is 23.6 Å². The Morgan fingerprint density at radius 2 is 1.76 bits per heavy atom. The summed E-state index contributed by atoms with van der Waals surface area (Å²) in [7, 11) is 0. The number of hydrogen-bond donors (Lipinski definition) is 2. The average Bonchev–Trinajstić information content (AvgIpc) is 3.03. The second-order valence-electron chi connectivity index (χ2n) is 6.27. The number of nitro benzene ring substituents is 1. The van der Waals surface area contributed by atoms with E-state index in [2.05, 4.69) is 10.6 Å². The van der Waals surface area contributed by atoms with Crippen molar-refractivity contribution in [1.82, 2.24) is 0 Å². The first-order valence-corrected chi connectivity index (χ1v) is 10.5. The number of nitrogens with zero attached hydrogens (tertiary/aromatic N) is 1. The number of esters is 2. The molecule has 0 saturated heterocycles. The van der Waals surface area contributed by atoms with Crippen molar-refractivity contribution < 1.29 is 37.2 Å². The Labute approximate surface area is 195 Å². The Morgan fingerprint density at radius 3 is 2.30 bits per heavy atom. The topological polar surface area (TPSA) is 120 Å². The Morgan fingerprint density at radius 1 is 1.15 bits per heavy atom. The van der Waals surface area contributed by atoms with Gasteiger partial charge in [-0.25, -0.2) is 9.59 Å². The zero-order valence-corrected chi connectivity index (χ0v) is 19.1. The molecule has 0 atom stereocenters. The molecule has 0 spiro atoms. The normalized spacial score (nSPS) is 11.0. The molecule has 1 aromatic heterocycles. The predicted octanol–water partition coefficient (Wildman–Crippen LogP) is 5.15. The number of alkyl halides is 3. The molecule has 0 radical (unpaired) electrons. The number of hydrogen-bond acceptors (Lipinski definition) is 8. The van der Waals surface area contributed by atoms with Crippen LogP contribution in [0.25, 0.3) is 0 Å². The van der Waals surface area contributed by atoms with Gasteiger partial charge in [-0.1, -0.05) is 0 Å². The van der Waals surface area contributed by atoms with Crippen LogP contribution in [0.2, 0.25) is 0 Å². The Balaban J connectivity index is 2.41. The maximum absolute atomic E-state index is 13.4. The van der Waals surface area contributed by atoms with Crippen molar-refractivity contribution >= 4 is 57.0 Å². The van der Waals surface area contributed by atoms with E-state index in [9.17, 15) is 32.9 Å². The van der Waals surface area contributed by atoms with Crippen LogP contribution in [0.1, 0.15) is 45.0 Å². The van der Waals surface area contributed by atoms with Gasteiger partial charge in [0.05, 0.1) is 35.0 Å². The summed E-state index contributed by atoms with van der Waals surface area (Å²) in [5.41, 5.74) is -2.35. The van der Waals surface area contributed by atoms with Gasteiger partial charge in [0.2, 0.25) is 0 Å². The molecule has 0 amide bonds. The van der Waals surface area contributed by atoms with Crippen molar-refractivity contribution in [2.24, 2.45) is 0 Å². The lowest BCUT2D eigenvalue weighted by Gasteiger charge is -2.16. The molecule has 14 heteroatoms. The number of benzene rings is 1. The fraction of sp³-hybridized carbons (Fsp3) is 0.316. The molecule has 0 aliphatic heterocycles. The van der Waals surface area contributed by atoms with Crippen molar-refractivity contribution in [2.45, 2.75) is 26.9 Å². The zero-order valence-electron chi connectivity index (χ0n) is 17.5. The van der Waals surface area contributed by atoms with Crippen LogP contribution in [-0.2, 0) is 15.7 Å². The third kappa shape index (κ3) is 6.16. The van der Waals surface area contributed by atoms with Crippen LogP contribution < -0.4 is 10.6 Å². The van der Waals surface area contributed by atoms with Gasteiger partial charge in [-0.2, -0.15) is 13.2 Å². The summed E-state index contributed by atoms with van der Waals surface area (Å²) in [6, 6.07) is 2.13. The second kappa shape index (κ2) is 10.6. The lowest BCUT2D eigenvalue weighted by atomic mass is 10.1. The third-order valence-corrected chi connectivity index (χ3v) is 5.47. The van der Waals surface area contributed by atoms with E-state index in [1.807, 2.05) is 0 Å². The molecular weight excluding hydrogens is 487 g/mol. The number of ether oxygens (including phenoxy) is 2. The average molecular weight is 505 g/mol. The van der Waals surface area contributed by atoms with Gasteiger partial charge < -0.3 is 20.1 Å². The van der Waals surface area contributed by atoms with E-state index in [4.69, 9.17) is 21.7 Å². The fourth-order valence-corrected chi connectivity index (χ4v) is 4.06. The maximum atomic E-state index is 13.4. The number of rotatable bonds is 7. The van der Waals surface area contributed by atoms with E-state index >= 15 is 0 Å². The molecule has 0 bridgehead atoms. The number of nitrogens with one attached hydrogen (secondary N) is 2. The van der Waals surface area contributed by atoms with Gasteiger partial charge in [0.1, 0.15) is 9.88 Å². The number of thiophene rings is 1.